The van der Waals surface area contributed by atoms with Crippen molar-refractivity contribution in [3.63, 3.8) is 0 Å². The van der Waals surface area contributed by atoms with Gasteiger partial charge in [0.1, 0.15) is 6.61 Å². The highest BCUT2D eigenvalue weighted by molar-refractivity contribution is 7.46. The Morgan fingerprint density at radius 1 is 0.415 bits per heavy atom. The molecule has 0 aromatic carbocycles. The molecule has 8 nitrogen and oxygen atoms in total. The monoisotopic (exact) mass is 935 g/mol. The molecule has 0 bridgehead atoms. The minimum absolute atomic E-state index is 0.208. The Labute approximate surface area is 401 Å². The highest BCUT2D eigenvalue weighted by Gasteiger charge is 2.23. The number of hydrogen-bond donors (Lipinski definition) is 2. The van der Waals surface area contributed by atoms with E-state index in [1.165, 1.54) is 173 Å². The Bertz CT molecular complexity index is 1190. The first kappa shape index (κ1) is 63.0. The van der Waals surface area contributed by atoms with Gasteiger partial charge < -0.3 is 19.3 Å². The molecular formula is C56H103O8P. The summed E-state index contributed by atoms with van der Waals surface area (Å²) in [6.07, 6.45) is 65.7. The lowest BCUT2D eigenvalue weighted by Crippen LogP contribution is -2.29. The van der Waals surface area contributed by atoms with Crippen LogP contribution in [0.5, 0.6) is 0 Å². The molecule has 0 saturated heterocycles. The first-order chi connectivity index (χ1) is 31.8. The predicted molar refractivity (Wildman–Crippen MR) is 276 cm³/mol. The van der Waals surface area contributed by atoms with Crippen LogP contribution >= 0.6 is 7.82 Å². The molecule has 0 radical (unpaired) electrons. The molecule has 2 N–H and O–H groups in total. The minimum Gasteiger partial charge on any atom is -0.462 e. The van der Waals surface area contributed by atoms with Crippen LogP contribution in [-0.4, -0.2) is 41.0 Å². The van der Waals surface area contributed by atoms with E-state index >= 15 is 0 Å². The molecule has 0 rings (SSSR count). The maximum Gasteiger partial charge on any atom is 0.469 e. The number of carbonyl (C=O) groups is 2. The summed E-state index contributed by atoms with van der Waals surface area (Å²) in [6.45, 7) is 3.62. The van der Waals surface area contributed by atoms with Crippen molar-refractivity contribution in [2.24, 2.45) is 0 Å². The van der Waals surface area contributed by atoms with E-state index in [-0.39, 0.29) is 19.4 Å². The molecule has 0 aliphatic carbocycles. The smallest absolute Gasteiger partial charge is 0.462 e. The second-order valence-electron chi connectivity index (χ2n) is 18.5. The zero-order valence-electron chi connectivity index (χ0n) is 42.4. The Kier molecular flexibility index (Phi) is 49.8. The van der Waals surface area contributed by atoms with Crippen molar-refractivity contribution in [2.45, 2.75) is 283 Å². The summed E-state index contributed by atoms with van der Waals surface area (Å²) < 4.78 is 26.6. The predicted octanol–water partition coefficient (Wildman–Crippen LogP) is 17.8. The summed E-state index contributed by atoms with van der Waals surface area (Å²) in [5, 5.41) is 0. The van der Waals surface area contributed by atoms with Crippen molar-refractivity contribution in [1.82, 2.24) is 0 Å². The van der Waals surface area contributed by atoms with Crippen LogP contribution in [0.3, 0.4) is 0 Å². The summed E-state index contributed by atoms with van der Waals surface area (Å²) in [7, 11) is -4.76. The molecule has 0 spiro atoms. The highest BCUT2D eigenvalue weighted by Crippen LogP contribution is 2.36. The third kappa shape index (κ3) is 54.5. The summed E-state index contributed by atoms with van der Waals surface area (Å²) in [6, 6.07) is 0. The number of carbonyl (C=O) groups excluding carboxylic acids is 2. The van der Waals surface area contributed by atoms with E-state index in [4.69, 9.17) is 19.3 Å². The zero-order chi connectivity index (χ0) is 47.4. The number of phosphoric ester groups is 1. The molecule has 0 aromatic rings. The van der Waals surface area contributed by atoms with Crippen molar-refractivity contribution in [2.75, 3.05) is 13.2 Å². The van der Waals surface area contributed by atoms with E-state index in [9.17, 15) is 14.2 Å². The van der Waals surface area contributed by atoms with Gasteiger partial charge in [-0.25, -0.2) is 4.57 Å². The van der Waals surface area contributed by atoms with Gasteiger partial charge in [0, 0.05) is 12.8 Å². The summed E-state index contributed by atoms with van der Waals surface area (Å²) in [4.78, 5) is 43.2. The van der Waals surface area contributed by atoms with Crippen LogP contribution in [0.15, 0.2) is 48.6 Å². The standard InChI is InChI=1S/C56H103O8P/c1-3-5-7-9-11-13-15-17-19-21-23-25-27-29-30-32-34-36-38-40-42-44-46-48-50-55(57)62-52-54(53-63-65(59,60)61)64-56(58)51-49-47-45-43-41-39-37-35-33-31-28-26-24-22-20-18-16-14-12-10-8-6-4-2/h6,8,12,14,18,20,24,26,54H,3-5,7,9-11,13,15-17,19,21-23,25,27-53H2,1-2H3,(H2,59,60,61)/b8-6-,14-12-,20-18-,26-24-. The Morgan fingerprint density at radius 3 is 1.11 bits per heavy atom. The van der Waals surface area contributed by atoms with Gasteiger partial charge in [-0.1, -0.05) is 262 Å². The molecule has 0 amide bonds. The molecule has 0 aromatic heterocycles. The van der Waals surface area contributed by atoms with Gasteiger partial charge in [-0.3, -0.25) is 14.1 Å². The van der Waals surface area contributed by atoms with Crippen molar-refractivity contribution in [3.05, 3.63) is 48.6 Å². The maximum atomic E-state index is 12.5. The second kappa shape index (κ2) is 51.4. The molecule has 0 aliphatic heterocycles. The number of rotatable bonds is 51. The summed E-state index contributed by atoms with van der Waals surface area (Å²) in [5.41, 5.74) is 0. The van der Waals surface area contributed by atoms with E-state index < -0.39 is 32.5 Å². The molecule has 65 heavy (non-hydrogen) atoms. The molecule has 380 valence electrons. The van der Waals surface area contributed by atoms with Crippen LogP contribution in [0, 0.1) is 0 Å². The highest BCUT2D eigenvalue weighted by atomic mass is 31.2. The van der Waals surface area contributed by atoms with E-state index in [1.54, 1.807) is 0 Å². The summed E-state index contributed by atoms with van der Waals surface area (Å²) in [5.74, 6) is -0.876. The van der Waals surface area contributed by atoms with Gasteiger partial charge in [-0.15, -0.1) is 0 Å². The number of ether oxygens (including phenoxy) is 2. The average molecular weight is 935 g/mol. The van der Waals surface area contributed by atoms with Crippen LogP contribution in [0.25, 0.3) is 0 Å². The average Bonchev–Trinajstić information content (AvgIpc) is 3.28. The van der Waals surface area contributed by atoms with Gasteiger partial charge >= 0.3 is 19.8 Å². The van der Waals surface area contributed by atoms with Crippen LogP contribution in [0.2, 0.25) is 0 Å². The third-order valence-electron chi connectivity index (χ3n) is 12.1. The lowest BCUT2D eigenvalue weighted by Gasteiger charge is -2.18. The lowest BCUT2D eigenvalue weighted by molar-refractivity contribution is -0.161. The van der Waals surface area contributed by atoms with E-state index in [0.717, 1.165) is 70.6 Å². The quantitative estimate of drug-likeness (QED) is 0.0268. The van der Waals surface area contributed by atoms with E-state index in [0.29, 0.717) is 6.42 Å². The fourth-order valence-electron chi connectivity index (χ4n) is 8.07. The van der Waals surface area contributed by atoms with Crippen LogP contribution in [0.4, 0.5) is 0 Å². The lowest BCUT2D eigenvalue weighted by atomic mass is 10.0. The van der Waals surface area contributed by atoms with Crippen molar-refractivity contribution < 1.29 is 37.9 Å². The topological polar surface area (TPSA) is 119 Å². The maximum absolute atomic E-state index is 12.5. The number of allylic oxidation sites excluding steroid dienone is 8. The van der Waals surface area contributed by atoms with Gasteiger partial charge in [-0.05, 0) is 51.4 Å². The summed E-state index contributed by atoms with van der Waals surface area (Å²) >= 11 is 0. The number of phosphoric acid groups is 1. The fourth-order valence-corrected chi connectivity index (χ4v) is 8.43. The molecule has 0 heterocycles. The zero-order valence-corrected chi connectivity index (χ0v) is 43.3. The van der Waals surface area contributed by atoms with Crippen LogP contribution in [-0.2, 0) is 28.2 Å². The Hall–Kier alpha value is -1.99. The first-order valence-corrected chi connectivity index (χ1v) is 29.0. The molecule has 9 heteroatoms. The van der Waals surface area contributed by atoms with Crippen molar-refractivity contribution >= 4 is 19.8 Å². The van der Waals surface area contributed by atoms with Gasteiger partial charge in [0.05, 0.1) is 6.61 Å². The van der Waals surface area contributed by atoms with Gasteiger partial charge in [0.15, 0.2) is 6.10 Å². The third-order valence-corrected chi connectivity index (χ3v) is 12.6. The normalized spacial score (nSPS) is 12.7. The number of hydrogen-bond acceptors (Lipinski definition) is 6. The second-order valence-corrected chi connectivity index (χ2v) is 19.8. The Balaban J connectivity index is 3.77. The molecular weight excluding hydrogens is 832 g/mol. The molecule has 0 saturated carbocycles. The van der Waals surface area contributed by atoms with Gasteiger partial charge in [-0.2, -0.15) is 0 Å². The van der Waals surface area contributed by atoms with Crippen LogP contribution in [0.1, 0.15) is 277 Å². The van der Waals surface area contributed by atoms with E-state index in [2.05, 4.69) is 67.0 Å². The molecule has 0 aliphatic rings. The van der Waals surface area contributed by atoms with E-state index in [1.807, 2.05) is 0 Å². The minimum atomic E-state index is -4.76. The Morgan fingerprint density at radius 2 is 0.738 bits per heavy atom. The number of esters is 2. The molecule has 0 fully saturated rings. The number of unbranched alkanes of at least 4 members (excludes halogenated alkanes) is 33. The molecule has 1 atom stereocenters. The van der Waals surface area contributed by atoms with Crippen molar-refractivity contribution in [1.29, 1.82) is 0 Å². The van der Waals surface area contributed by atoms with Crippen molar-refractivity contribution in [3.8, 4) is 0 Å². The fraction of sp³-hybridized carbons (Fsp3) is 0.821. The molecule has 1 unspecified atom stereocenters. The van der Waals surface area contributed by atoms with Gasteiger partial charge in [0.2, 0.25) is 0 Å². The van der Waals surface area contributed by atoms with Gasteiger partial charge in [0.25, 0.3) is 0 Å². The SMILES string of the molecule is CC/C=C\C/C=C\C/C=C\C/C=C\CCCCCCCCCCCCC(=O)OC(COC(=O)CCCCCCCCCCCCCCCCCCCCCCCCCC)COP(=O)(O)O. The first-order valence-electron chi connectivity index (χ1n) is 27.4. The largest absolute Gasteiger partial charge is 0.469 e. The van der Waals surface area contributed by atoms with Crippen LogP contribution < -0.4 is 0 Å².